The number of aliphatic carboxylic acids is 1. The van der Waals surface area contributed by atoms with Gasteiger partial charge in [-0.15, -0.1) is 0 Å². The first-order valence-corrected chi connectivity index (χ1v) is 12.7. The molecule has 1 aliphatic heterocycles. The summed E-state index contributed by atoms with van der Waals surface area (Å²) < 4.78 is 34.6. The van der Waals surface area contributed by atoms with Crippen LogP contribution in [0, 0.1) is 6.92 Å². The largest absolute Gasteiger partial charge is 0.486 e. The lowest BCUT2D eigenvalue weighted by atomic mass is 9.91. The summed E-state index contributed by atoms with van der Waals surface area (Å²) in [5.41, 5.74) is 3.39. The Morgan fingerprint density at radius 2 is 1.94 bits per heavy atom. The molecule has 0 saturated heterocycles. The molecule has 7 nitrogen and oxygen atoms in total. The predicted octanol–water partition coefficient (Wildman–Crippen LogP) is 4.13. The lowest BCUT2D eigenvalue weighted by Crippen LogP contribution is -2.43. The van der Waals surface area contributed by atoms with E-state index in [2.05, 4.69) is 6.08 Å². The van der Waals surface area contributed by atoms with Crippen molar-refractivity contribution in [2.45, 2.75) is 62.6 Å². The first-order valence-electron chi connectivity index (χ1n) is 11.2. The average molecular weight is 472 g/mol. The highest BCUT2D eigenvalue weighted by atomic mass is 32.2. The lowest BCUT2D eigenvalue weighted by Gasteiger charge is -2.35. The minimum absolute atomic E-state index is 0.0444. The van der Waals surface area contributed by atoms with Crippen LogP contribution >= 0.6 is 0 Å². The number of ether oxygens (including phenoxy) is 1. The number of fused-ring (bicyclic) bond motifs is 1. The summed E-state index contributed by atoms with van der Waals surface area (Å²) in [5, 5.41) is 18.8. The van der Waals surface area contributed by atoms with E-state index in [4.69, 9.17) is 9.84 Å². The third kappa shape index (κ3) is 5.39. The van der Waals surface area contributed by atoms with Crippen molar-refractivity contribution in [3.8, 4) is 5.75 Å². The molecule has 2 aliphatic rings. The Bertz CT molecular complexity index is 1160. The van der Waals surface area contributed by atoms with E-state index in [9.17, 15) is 18.3 Å². The summed E-state index contributed by atoms with van der Waals surface area (Å²) in [6.07, 6.45) is 4.46. The molecular weight excluding hydrogens is 442 g/mol. The van der Waals surface area contributed by atoms with Gasteiger partial charge in [0.1, 0.15) is 11.9 Å². The molecule has 0 aromatic heterocycles. The van der Waals surface area contributed by atoms with Crippen LogP contribution in [-0.4, -0.2) is 43.4 Å². The number of carboxylic acids is 1. The van der Waals surface area contributed by atoms with Gasteiger partial charge in [-0.3, -0.25) is 9.10 Å². The smallest absolute Gasteiger partial charge is 0.303 e. The van der Waals surface area contributed by atoms with Crippen LogP contribution in [0.3, 0.4) is 0 Å². The molecule has 1 fully saturated rings. The van der Waals surface area contributed by atoms with E-state index in [1.165, 1.54) is 9.88 Å². The third-order valence-corrected chi connectivity index (χ3v) is 7.92. The van der Waals surface area contributed by atoms with Crippen LogP contribution in [0.1, 0.15) is 49.7 Å². The number of anilines is 1. The molecule has 2 N–H and O–H groups in total. The maximum atomic E-state index is 13.6. The van der Waals surface area contributed by atoms with E-state index in [0.717, 1.165) is 36.8 Å². The quantitative estimate of drug-likeness (QED) is 0.656. The molecule has 0 bridgehead atoms. The molecule has 1 heterocycles. The summed E-state index contributed by atoms with van der Waals surface area (Å²) in [5.74, 6) is -0.522. The zero-order valence-electron chi connectivity index (χ0n) is 18.6. The Morgan fingerprint density at radius 1 is 1.18 bits per heavy atom. The van der Waals surface area contributed by atoms with Crippen molar-refractivity contribution in [2.75, 3.05) is 10.8 Å². The summed E-state index contributed by atoms with van der Waals surface area (Å²) in [6.45, 7) is 1.89. The monoisotopic (exact) mass is 471 g/mol. The summed E-state index contributed by atoms with van der Waals surface area (Å²) in [6, 6.07) is 12.2. The van der Waals surface area contributed by atoms with E-state index in [0.29, 0.717) is 11.4 Å². The molecule has 33 heavy (non-hydrogen) atoms. The van der Waals surface area contributed by atoms with Gasteiger partial charge >= 0.3 is 5.97 Å². The Morgan fingerprint density at radius 3 is 2.64 bits per heavy atom. The van der Waals surface area contributed by atoms with Gasteiger partial charge < -0.3 is 14.9 Å². The minimum Gasteiger partial charge on any atom is -0.486 e. The van der Waals surface area contributed by atoms with Crippen molar-refractivity contribution in [1.29, 1.82) is 0 Å². The van der Waals surface area contributed by atoms with Gasteiger partial charge in [0.25, 0.3) is 10.0 Å². The number of nitrogens with zero attached hydrogens (tertiary/aromatic N) is 1. The van der Waals surface area contributed by atoms with Crippen LogP contribution in [0.15, 0.2) is 52.9 Å². The van der Waals surface area contributed by atoms with E-state index in [1.54, 1.807) is 24.3 Å². The zero-order valence-corrected chi connectivity index (χ0v) is 19.4. The highest BCUT2D eigenvalue weighted by Crippen LogP contribution is 2.39. The number of sulfonamides is 1. The van der Waals surface area contributed by atoms with Crippen LogP contribution < -0.4 is 9.04 Å². The fourth-order valence-corrected chi connectivity index (χ4v) is 5.94. The number of carboxylic acid groups (broad SMARTS) is 1. The van der Waals surface area contributed by atoms with Gasteiger partial charge in [0, 0.05) is 6.42 Å². The molecule has 176 valence electrons. The van der Waals surface area contributed by atoms with E-state index in [1.807, 2.05) is 25.1 Å². The Balaban J connectivity index is 1.71. The number of allylic oxidation sites excluding steroid dienone is 1. The zero-order chi connectivity index (χ0) is 23.6. The van der Waals surface area contributed by atoms with E-state index >= 15 is 0 Å². The number of carbonyl (C=O) groups is 1. The molecule has 4 rings (SSSR count). The first-order chi connectivity index (χ1) is 15.7. The van der Waals surface area contributed by atoms with Crippen LogP contribution in [0.25, 0.3) is 6.08 Å². The second kappa shape index (κ2) is 9.57. The minimum atomic E-state index is -3.87. The number of benzene rings is 2. The maximum Gasteiger partial charge on any atom is 0.303 e. The molecule has 0 unspecified atom stereocenters. The van der Waals surface area contributed by atoms with Gasteiger partial charge in [-0.25, -0.2) is 8.42 Å². The number of aliphatic hydroxyl groups is 1. The van der Waals surface area contributed by atoms with Crippen molar-refractivity contribution in [1.82, 2.24) is 0 Å². The van der Waals surface area contributed by atoms with Gasteiger partial charge in [0.2, 0.25) is 0 Å². The molecule has 1 aliphatic carbocycles. The Labute approximate surface area is 194 Å². The highest BCUT2D eigenvalue weighted by molar-refractivity contribution is 7.92. The molecule has 8 heteroatoms. The fraction of sp³-hybridized carbons (Fsp3) is 0.400. The topological polar surface area (TPSA) is 104 Å². The third-order valence-electron chi connectivity index (χ3n) is 6.14. The van der Waals surface area contributed by atoms with Crippen LogP contribution in [0.5, 0.6) is 5.75 Å². The van der Waals surface area contributed by atoms with Crippen molar-refractivity contribution in [3.63, 3.8) is 0 Å². The second-order valence-corrected chi connectivity index (χ2v) is 10.6. The van der Waals surface area contributed by atoms with Crippen LogP contribution in [0.2, 0.25) is 0 Å². The van der Waals surface area contributed by atoms with Crippen molar-refractivity contribution in [3.05, 3.63) is 59.2 Å². The number of aryl methyl sites for hydroxylation is 1. The molecule has 0 radical (unpaired) electrons. The summed E-state index contributed by atoms with van der Waals surface area (Å²) in [4.78, 5) is 11.3. The summed E-state index contributed by atoms with van der Waals surface area (Å²) >= 11 is 0. The fourth-order valence-electron chi connectivity index (χ4n) is 4.34. The number of hydrogen-bond donors (Lipinski definition) is 2. The molecule has 2 aromatic rings. The molecule has 1 saturated carbocycles. The van der Waals surface area contributed by atoms with Crippen molar-refractivity contribution in [2.24, 2.45) is 0 Å². The first kappa shape index (κ1) is 23.3. The second-order valence-electron chi connectivity index (χ2n) is 8.79. The maximum absolute atomic E-state index is 13.6. The normalized spacial score (nSPS) is 20.7. The van der Waals surface area contributed by atoms with E-state index in [-0.39, 0.29) is 30.4 Å². The van der Waals surface area contributed by atoms with Crippen LogP contribution in [-0.2, 0) is 14.8 Å². The van der Waals surface area contributed by atoms with Gasteiger partial charge in [-0.2, -0.15) is 0 Å². The number of hydrogen-bond acceptors (Lipinski definition) is 5. The van der Waals surface area contributed by atoms with Gasteiger partial charge in [0.15, 0.2) is 0 Å². The molecular formula is C25H29NO6S. The average Bonchev–Trinajstić information content (AvgIpc) is 2.78. The number of rotatable bonds is 6. The summed E-state index contributed by atoms with van der Waals surface area (Å²) in [7, 11) is -3.87. The molecule has 1 atom stereocenters. The predicted molar refractivity (Wildman–Crippen MR) is 126 cm³/mol. The highest BCUT2D eigenvalue weighted by Gasteiger charge is 2.35. The Kier molecular flexibility index (Phi) is 6.76. The van der Waals surface area contributed by atoms with Gasteiger partial charge in [-0.05, 0) is 74.4 Å². The van der Waals surface area contributed by atoms with E-state index < -0.39 is 22.1 Å². The van der Waals surface area contributed by atoms with Gasteiger partial charge in [0.05, 0.1) is 23.2 Å². The molecule has 0 amide bonds. The number of aliphatic hydroxyl groups excluding tert-OH is 1. The SMILES string of the molecule is Cc1cccc(S(=O)(=O)N2C[C@H](CCC(=O)O)Oc3ccc(C=C4CCC(O)CC4)cc32)c1. The lowest BCUT2D eigenvalue weighted by molar-refractivity contribution is -0.137. The standard InChI is InChI=1S/C25H29NO6S/c1-17-3-2-4-22(13-17)33(30,31)26-16-21(10-12-25(28)29)32-24-11-7-19(15-23(24)26)14-18-5-8-20(27)9-6-18/h2-4,7,11,13-15,20-21,27H,5-6,8-10,12,16H2,1H3,(H,28,29)/t20?,21-/m0/s1. The molecule has 2 aromatic carbocycles. The molecule has 0 spiro atoms. The van der Waals surface area contributed by atoms with Gasteiger partial charge in [-0.1, -0.05) is 29.8 Å². The van der Waals surface area contributed by atoms with Crippen LogP contribution in [0.4, 0.5) is 5.69 Å². The van der Waals surface area contributed by atoms with Crippen molar-refractivity contribution < 1.29 is 28.2 Å². The Hall–Kier alpha value is -2.84. The van der Waals surface area contributed by atoms with Crippen molar-refractivity contribution >= 4 is 27.8 Å².